The Bertz CT molecular complexity index is 1080. The van der Waals surface area contributed by atoms with Crippen molar-refractivity contribution in [3.63, 3.8) is 0 Å². The minimum atomic E-state index is -1.42. The molecular weight excluding hydrogens is 500 g/mol. The molecule has 208 valence electrons. The van der Waals surface area contributed by atoms with E-state index < -0.39 is 70.3 Å². The second-order valence-corrected chi connectivity index (χ2v) is 11.7. The minimum absolute atomic E-state index is 0.00352. The number of ether oxygens (including phenoxy) is 6. The van der Waals surface area contributed by atoms with E-state index in [1.54, 1.807) is 6.92 Å². The highest BCUT2D eigenvalue weighted by Crippen LogP contribution is 2.75. The SMILES string of the molecule is CC1CCOC(=O)C=CC=CC(=O)OC2CC3OC4C5OC5(CO)CCC4(COC(=O)C1O)C2(C)C31CO1. The van der Waals surface area contributed by atoms with Crippen LogP contribution < -0.4 is 0 Å². The Balaban J connectivity index is 1.38. The standard InChI is InChI=1S/C27H34O11/c1-15-7-10-33-18(29)5-3-4-6-19(30)36-16-11-17-27(14-35-27)24(16,2)25(13-34-23(32)20(15)31)8-9-26(12-28)22(38-26)21(25)37-17/h3-6,15-17,20-22,28,31H,7-14H2,1-2H3. The molecule has 38 heavy (non-hydrogen) atoms. The quantitative estimate of drug-likeness (QED) is 0.272. The lowest BCUT2D eigenvalue weighted by Gasteiger charge is -2.58. The molecular formula is C27H34O11. The molecule has 4 heterocycles. The van der Waals surface area contributed by atoms with Gasteiger partial charge < -0.3 is 38.6 Å². The summed E-state index contributed by atoms with van der Waals surface area (Å²) in [6.45, 7) is 3.87. The fourth-order valence-corrected chi connectivity index (χ4v) is 7.45. The Hall–Kier alpha value is -2.31. The third kappa shape index (κ3) is 3.55. The summed E-state index contributed by atoms with van der Waals surface area (Å²) in [4.78, 5) is 37.8. The van der Waals surface area contributed by atoms with Crippen molar-refractivity contribution in [2.24, 2.45) is 16.7 Å². The van der Waals surface area contributed by atoms with Gasteiger partial charge >= 0.3 is 17.9 Å². The molecule has 2 aliphatic carbocycles. The summed E-state index contributed by atoms with van der Waals surface area (Å²) >= 11 is 0. The Morgan fingerprint density at radius 2 is 1.74 bits per heavy atom. The van der Waals surface area contributed by atoms with Gasteiger partial charge in [0.1, 0.15) is 30.0 Å². The van der Waals surface area contributed by atoms with Crippen molar-refractivity contribution in [3.8, 4) is 0 Å². The van der Waals surface area contributed by atoms with Crippen LogP contribution >= 0.6 is 0 Å². The smallest absolute Gasteiger partial charge is 0.335 e. The molecule has 0 aromatic carbocycles. The largest absolute Gasteiger partial charge is 0.463 e. The van der Waals surface area contributed by atoms with Crippen molar-refractivity contribution in [1.82, 2.24) is 0 Å². The first-order valence-electron chi connectivity index (χ1n) is 13.3. The third-order valence-corrected chi connectivity index (χ3v) is 10.1. The number of carbonyl (C=O) groups is 3. The van der Waals surface area contributed by atoms with Crippen LogP contribution in [0.3, 0.4) is 0 Å². The fourth-order valence-electron chi connectivity index (χ4n) is 7.45. The number of aliphatic hydroxyl groups is 2. The number of esters is 3. The molecule has 3 saturated heterocycles. The number of hydrogen-bond acceptors (Lipinski definition) is 11. The summed E-state index contributed by atoms with van der Waals surface area (Å²) in [5.74, 6) is -2.51. The molecule has 4 aliphatic heterocycles. The second kappa shape index (κ2) is 8.85. The van der Waals surface area contributed by atoms with Crippen LogP contribution in [0.5, 0.6) is 0 Å². The summed E-state index contributed by atoms with van der Waals surface area (Å²) in [6.07, 6.45) is 3.53. The summed E-state index contributed by atoms with van der Waals surface area (Å²) in [7, 11) is 0. The maximum atomic E-state index is 13.0. The minimum Gasteiger partial charge on any atom is -0.463 e. The number of fused-ring (bicyclic) bond motifs is 2. The van der Waals surface area contributed by atoms with Crippen LogP contribution in [0.2, 0.25) is 0 Å². The van der Waals surface area contributed by atoms with E-state index in [0.717, 1.165) is 0 Å². The van der Waals surface area contributed by atoms with Gasteiger partial charge in [-0.05, 0) is 25.2 Å². The highest BCUT2D eigenvalue weighted by atomic mass is 16.7. The predicted octanol–water partition coefficient (Wildman–Crippen LogP) is 0.354. The van der Waals surface area contributed by atoms with Crippen molar-refractivity contribution < 1.29 is 53.0 Å². The Labute approximate surface area is 220 Å². The number of carbonyl (C=O) groups excluding carboxylic acids is 3. The number of hydrogen-bond donors (Lipinski definition) is 2. The van der Waals surface area contributed by atoms with Crippen molar-refractivity contribution in [1.29, 1.82) is 0 Å². The Kier molecular flexibility index (Phi) is 6.04. The lowest BCUT2D eigenvalue weighted by molar-refractivity contribution is -0.253. The van der Waals surface area contributed by atoms with Crippen LogP contribution in [-0.4, -0.2) is 96.3 Å². The van der Waals surface area contributed by atoms with Gasteiger partial charge in [-0.2, -0.15) is 0 Å². The average molecular weight is 535 g/mol. The van der Waals surface area contributed by atoms with E-state index in [1.165, 1.54) is 24.3 Å². The molecule has 11 heteroatoms. The zero-order valence-corrected chi connectivity index (χ0v) is 21.5. The average Bonchev–Trinajstić information content (AvgIpc) is 3.81. The van der Waals surface area contributed by atoms with Crippen LogP contribution in [0.4, 0.5) is 0 Å². The lowest BCUT2D eigenvalue weighted by atomic mass is 9.50. The molecule has 10 atom stereocenters. The van der Waals surface area contributed by atoms with Crippen molar-refractivity contribution in [2.45, 2.75) is 81.3 Å². The molecule has 5 fully saturated rings. The number of cyclic esters (lactones) is 2. The molecule has 10 unspecified atom stereocenters. The molecule has 6 rings (SSSR count). The number of aliphatic hydroxyl groups excluding tert-OH is 2. The third-order valence-electron chi connectivity index (χ3n) is 10.1. The highest BCUT2D eigenvalue weighted by Gasteiger charge is 2.87. The molecule has 0 amide bonds. The highest BCUT2D eigenvalue weighted by molar-refractivity contribution is 5.84. The monoisotopic (exact) mass is 534 g/mol. The molecule has 0 aromatic rings. The summed E-state index contributed by atoms with van der Waals surface area (Å²) < 4.78 is 35.7. The zero-order valence-electron chi connectivity index (χ0n) is 21.5. The number of rotatable bonds is 1. The van der Waals surface area contributed by atoms with E-state index in [-0.39, 0.29) is 32.3 Å². The van der Waals surface area contributed by atoms with Gasteiger partial charge in [-0.15, -0.1) is 0 Å². The predicted molar refractivity (Wildman–Crippen MR) is 126 cm³/mol. The van der Waals surface area contributed by atoms with E-state index in [9.17, 15) is 24.6 Å². The van der Waals surface area contributed by atoms with Gasteiger partial charge in [0, 0.05) is 24.0 Å². The molecule has 11 nitrogen and oxygen atoms in total. The van der Waals surface area contributed by atoms with E-state index in [1.807, 2.05) is 6.92 Å². The second-order valence-electron chi connectivity index (χ2n) is 11.7. The van der Waals surface area contributed by atoms with Crippen molar-refractivity contribution >= 4 is 17.9 Å². The van der Waals surface area contributed by atoms with Crippen LogP contribution in [0, 0.1) is 16.7 Å². The van der Waals surface area contributed by atoms with Crippen LogP contribution in [-0.2, 0) is 42.8 Å². The van der Waals surface area contributed by atoms with E-state index in [0.29, 0.717) is 25.9 Å². The molecule has 2 N–H and O–H groups in total. The fraction of sp³-hybridized carbons (Fsp3) is 0.741. The van der Waals surface area contributed by atoms with Crippen LogP contribution in [0.15, 0.2) is 24.3 Å². The Morgan fingerprint density at radius 3 is 2.45 bits per heavy atom. The summed E-state index contributed by atoms with van der Waals surface area (Å²) in [5.41, 5.74) is -3.06. The topological polar surface area (TPSA) is 154 Å². The first-order valence-corrected chi connectivity index (χ1v) is 13.3. The van der Waals surface area contributed by atoms with E-state index in [4.69, 9.17) is 28.4 Å². The summed E-state index contributed by atoms with van der Waals surface area (Å²) in [5, 5.41) is 20.7. The molecule has 2 spiro atoms. The zero-order chi connectivity index (χ0) is 26.9. The van der Waals surface area contributed by atoms with Gasteiger partial charge in [-0.3, -0.25) is 0 Å². The first kappa shape index (κ1) is 25.9. The molecule has 0 radical (unpaired) electrons. The van der Waals surface area contributed by atoms with Gasteiger partial charge in [0.15, 0.2) is 6.10 Å². The van der Waals surface area contributed by atoms with Gasteiger partial charge in [0.2, 0.25) is 0 Å². The van der Waals surface area contributed by atoms with Crippen molar-refractivity contribution in [2.75, 3.05) is 26.4 Å². The van der Waals surface area contributed by atoms with Crippen LogP contribution in [0.1, 0.15) is 39.5 Å². The van der Waals surface area contributed by atoms with Gasteiger partial charge in [-0.1, -0.05) is 26.0 Å². The van der Waals surface area contributed by atoms with E-state index in [2.05, 4.69) is 0 Å². The lowest BCUT2D eigenvalue weighted by Crippen LogP contribution is -2.69. The molecule has 6 aliphatic rings. The number of allylic oxidation sites excluding steroid dienone is 2. The molecule has 2 bridgehead atoms. The van der Waals surface area contributed by atoms with Gasteiger partial charge in [0.05, 0.1) is 37.4 Å². The van der Waals surface area contributed by atoms with Gasteiger partial charge in [-0.25, -0.2) is 14.4 Å². The summed E-state index contributed by atoms with van der Waals surface area (Å²) in [6, 6.07) is 0. The number of epoxide rings is 2. The maximum Gasteiger partial charge on any atom is 0.335 e. The maximum absolute atomic E-state index is 13.0. The molecule has 2 saturated carbocycles. The van der Waals surface area contributed by atoms with Gasteiger partial charge in [0.25, 0.3) is 0 Å². The van der Waals surface area contributed by atoms with Crippen LogP contribution in [0.25, 0.3) is 0 Å². The van der Waals surface area contributed by atoms with E-state index >= 15 is 0 Å². The molecule has 0 aromatic heterocycles. The Morgan fingerprint density at radius 1 is 1.00 bits per heavy atom. The first-order chi connectivity index (χ1) is 18.1. The van der Waals surface area contributed by atoms with Crippen molar-refractivity contribution in [3.05, 3.63) is 24.3 Å². The normalized spacial score (nSPS) is 50.2.